The number of aromatic nitrogens is 1. The molecule has 3 rings (SSSR count). The van der Waals surface area contributed by atoms with Crippen LogP contribution in [-0.2, 0) is 24.2 Å². The molecule has 0 spiro atoms. The van der Waals surface area contributed by atoms with Gasteiger partial charge in [-0.1, -0.05) is 11.2 Å². The predicted octanol–water partition coefficient (Wildman–Crippen LogP) is 2.46. The van der Waals surface area contributed by atoms with Crippen LogP contribution in [0.1, 0.15) is 34.3 Å². The van der Waals surface area contributed by atoms with Crippen molar-refractivity contribution >= 4 is 11.8 Å². The number of carbonyl (C=O) groups excluding carboxylic acids is 2. The quantitative estimate of drug-likeness (QED) is 0.784. The zero-order chi connectivity index (χ0) is 20.4. The van der Waals surface area contributed by atoms with Crippen LogP contribution in [0.5, 0.6) is 0 Å². The van der Waals surface area contributed by atoms with Gasteiger partial charge in [0.25, 0.3) is 12.3 Å². The first-order chi connectivity index (χ1) is 13.3. The molecule has 0 aliphatic carbocycles. The number of carbonyl (C=O) groups is 2. The summed E-state index contributed by atoms with van der Waals surface area (Å²) >= 11 is 0. The van der Waals surface area contributed by atoms with Crippen molar-refractivity contribution in [3.63, 3.8) is 0 Å². The zero-order valence-corrected chi connectivity index (χ0v) is 14.8. The van der Waals surface area contributed by atoms with Crippen LogP contribution in [0.15, 0.2) is 22.7 Å². The summed E-state index contributed by atoms with van der Waals surface area (Å²) in [6.45, 7) is 1.47. The number of fused-ring (bicyclic) bond motifs is 1. The molecule has 0 bridgehead atoms. The summed E-state index contributed by atoms with van der Waals surface area (Å²) in [6, 6.07) is 1.84. The number of rotatable bonds is 5. The molecule has 2 aromatic rings. The molecule has 28 heavy (non-hydrogen) atoms. The maximum atomic E-state index is 13.3. The summed E-state index contributed by atoms with van der Waals surface area (Å²) in [6.07, 6.45) is -2.57. The maximum Gasteiger partial charge on any atom is 0.290 e. The fourth-order valence-corrected chi connectivity index (χ4v) is 2.88. The molecule has 10 heteroatoms. The number of hydrogen-bond donors (Lipinski definition) is 1. The minimum atomic E-state index is -2.74. The number of amides is 2. The number of nitrogens with zero attached hydrogens (tertiary/aromatic N) is 2. The van der Waals surface area contributed by atoms with Crippen molar-refractivity contribution in [2.75, 3.05) is 6.54 Å². The van der Waals surface area contributed by atoms with Crippen molar-refractivity contribution in [1.82, 2.24) is 15.4 Å². The van der Waals surface area contributed by atoms with Gasteiger partial charge in [0.1, 0.15) is 0 Å². The van der Waals surface area contributed by atoms with Gasteiger partial charge in [-0.3, -0.25) is 9.59 Å². The molecule has 6 nitrogen and oxygen atoms in total. The Labute approximate surface area is 157 Å². The van der Waals surface area contributed by atoms with E-state index in [1.807, 2.05) is 0 Å². The molecule has 1 aromatic heterocycles. The minimum absolute atomic E-state index is 0.00710. The summed E-state index contributed by atoms with van der Waals surface area (Å²) in [5.74, 6) is -3.45. The van der Waals surface area contributed by atoms with Crippen LogP contribution < -0.4 is 5.32 Å². The van der Waals surface area contributed by atoms with E-state index in [2.05, 4.69) is 10.5 Å². The van der Waals surface area contributed by atoms with Gasteiger partial charge in [-0.05, 0) is 24.6 Å². The second-order valence-electron chi connectivity index (χ2n) is 6.52. The standard InChI is InChI=1S/C18H17F4N3O3/c1-9(17(21)22)23-18(27)16-11-8-25(5-4-14(11)24-28-16)15(26)7-10-2-3-12(19)13(20)6-10/h2-3,6,9,17H,4-5,7-8H2,1H3,(H,23,27)/t9-/m1/s1. The normalized spacial score (nSPS) is 14.7. The summed E-state index contributed by atoms with van der Waals surface area (Å²) in [5.41, 5.74) is 1.14. The van der Waals surface area contributed by atoms with Crippen LogP contribution in [0.4, 0.5) is 17.6 Å². The molecule has 1 aliphatic rings. The Morgan fingerprint density at radius 3 is 2.71 bits per heavy atom. The van der Waals surface area contributed by atoms with Crippen LogP contribution in [0.3, 0.4) is 0 Å². The average molecular weight is 399 g/mol. The van der Waals surface area contributed by atoms with E-state index in [1.165, 1.54) is 11.0 Å². The Bertz CT molecular complexity index is 900. The van der Waals surface area contributed by atoms with Crippen molar-refractivity contribution < 1.29 is 31.7 Å². The molecule has 0 fully saturated rings. The number of benzene rings is 1. The molecule has 1 aromatic carbocycles. The molecule has 2 amide bonds. The molecule has 0 saturated carbocycles. The molecule has 150 valence electrons. The van der Waals surface area contributed by atoms with Crippen LogP contribution in [0, 0.1) is 11.6 Å². The number of nitrogens with one attached hydrogen (secondary N) is 1. The van der Waals surface area contributed by atoms with Crippen molar-refractivity contribution in [2.45, 2.75) is 38.8 Å². The summed E-state index contributed by atoms with van der Waals surface area (Å²) in [4.78, 5) is 26.1. The van der Waals surface area contributed by atoms with Gasteiger partial charge in [-0.25, -0.2) is 17.6 Å². The summed E-state index contributed by atoms with van der Waals surface area (Å²) in [7, 11) is 0. The molecule has 1 N–H and O–H groups in total. The number of alkyl halides is 2. The van der Waals surface area contributed by atoms with Crippen molar-refractivity contribution in [2.24, 2.45) is 0 Å². The Morgan fingerprint density at radius 1 is 1.29 bits per heavy atom. The van der Waals surface area contributed by atoms with Crippen LogP contribution in [0.2, 0.25) is 0 Å². The first-order valence-electron chi connectivity index (χ1n) is 8.54. The lowest BCUT2D eigenvalue weighted by atomic mass is 10.0. The minimum Gasteiger partial charge on any atom is -0.350 e. The van der Waals surface area contributed by atoms with E-state index >= 15 is 0 Å². The van der Waals surface area contributed by atoms with Crippen molar-refractivity contribution in [3.8, 4) is 0 Å². The molecule has 2 heterocycles. The van der Waals surface area contributed by atoms with E-state index in [9.17, 15) is 27.2 Å². The second kappa shape index (κ2) is 7.99. The third-order valence-electron chi connectivity index (χ3n) is 4.47. The molecule has 0 unspecified atom stereocenters. The van der Waals surface area contributed by atoms with E-state index in [4.69, 9.17) is 4.52 Å². The van der Waals surface area contributed by atoms with Gasteiger partial charge >= 0.3 is 0 Å². The smallest absolute Gasteiger partial charge is 0.290 e. The molecular formula is C18H17F4N3O3. The van der Waals surface area contributed by atoms with Crippen LogP contribution in [0.25, 0.3) is 0 Å². The first-order valence-corrected chi connectivity index (χ1v) is 8.54. The second-order valence-corrected chi connectivity index (χ2v) is 6.52. The van der Waals surface area contributed by atoms with Gasteiger partial charge in [0.05, 0.1) is 24.7 Å². The van der Waals surface area contributed by atoms with E-state index in [0.717, 1.165) is 19.1 Å². The van der Waals surface area contributed by atoms with Gasteiger partial charge in [0.15, 0.2) is 11.6 Å². The maximum absolute atomic E-state index is 13.3. The predicted molar refractivity (Wildman–Crippen MR) is 88.6 cm³/mol. The molecule has 0 saturated heterocycles. The highest BCUT2D eigenvalue weighted by molar-refractivity contribution is 5.93. The van der Waals surface area contributed by atoms with Gasteiger partial charge in [0, 0.05) is 18.5 Å². The van der Waals surface area contributed by atoms with Gasteiger partial charge in [-0.15, -0.1) is 0 Å². The fraction of sp³-hybridized carbons (Fsp3) is 0.389. The van der Waals surface area contributed by atoms with Crippen molar-refractivity contribution in [1.29, 1.82) is 0 Å². The lowest BCUT2D eigenvalue weighted by Crippen LogP contribution is -2.40. The SMILES string of the molecule is C[C@@H](NC(=O)c1onc2c1CN(C(=O)Cc1ccc(F)c(F)c1)CC2)C(F)F. The van der Waals surface area contributed by atoms with Crippen LogP contribution >= 0.6 is 0 Å². The highest BCUT2D eigenvalue weighted by Gasteiger charge is 2.31. The summed E-state index contributed by atoms with van der Waals surface area (Å²) < 4.78 is 56.6. The third-order valence-corrected chi connectivity index (χ3v) is 4.47. The topological polar surface area (TPSA) is 75.4 Å². The molecule has 1 aliphatic heterocycles. The number of halogens is 4. The first kappa shape index (κ1) is 19.8. The van der Waals surface area contributed by atoms with E-state index in [0.29, 0.717) is 29.8 Å². The average Bonchev–Trinajstić information content (AvgIpc) is 3.07. The Morgan fingerprint density at radius 2 is 2.04 bits per heavy atom. The monoisotopic (exact) mass is 399 g/mol. The van der Waals surface area contributed by atoms with Gasteiger partial charge < -0.3 is 14.7 Å². The van der Waals surface area contributed by atoms with Crippen LogP contribution in [-0.4, -0.2) is 40.9 Å². The Kier molecular flexibility index (Phi) is 5.66. The third kappa shape index (κ3) is 4.15. The van der Waals surface area contributed by atoms with Crippen molar-refractivity contribution in [3.05, 3.63) is 52.4 Å². The fourth-order valence-electron chi connectivity index (χ4n) is 2.88. The van der Waals surface area contributed by atoms with E-state index in [-0.39, 0.29) is 24.6 Å². The summed E-state index contributed by atoms with van der Waals surface area (Å²) in [5, 5.41) is 5.90. The van der Waals surface area contributed by atoms with E-state index < -0.39 is 30.0 Å². The molecule has 1 atom stereocenters. The van der Waals surface area contributed by atoms with Gasteiger partial charge in [-0.2, -0.15) is 0 Å². The highest BCUT2D eigenvalue weighted by Crippen LogP contribution is 2.23. The highest BCUT2D eigenvalue weighted by atomic mass is 19.3. The lowest BCUT2D eigenvalue weighted by Gasteiger charge is -2.26. The van der Waals surface area contributed by atoms with Gasteiger partial charge in [0.2, 0.25) is 11.7 Å². The largest absolute Gasteiger partial charge is 0.350 e. The van der Waals surface area contributed by atoms with E-state index in [1.54, 1.807) is 0 Å². The molecule has 0 radical (unpaired) electrons. The Balaban J connectivity index is 1.71. The Hall–Kier alpha value is -2.91. The molecular weight excluding hydrogens is 382 g/mol. The zero-order valence-electron chi connectivity index (χ0n) is 14.8. The number of hydrogen-bond acceptors (Lipinski definition) is 4. The lowest BCUT2D eigenvalue weighted by molar-refractivity contribution is -0.131.